The molecule has 2 nitrogen and oxygen atoms in total. The van der Waals surface area contributed by atoms with Gasteiger partial charge in [0.25, 0.3) is 0 Å². The Kier molecular flexibility index (Phi) is 4.78. The molecular weight excluding hydrogens is 321 g/mol. The van der Waals surface area contributed by atoms with Gasteiger partial charge in [-0.2, -0.15) is 0 Å². The normalized spacial score (nSPS) is 12.2. The van der Waals surface area contributed by atoms with E-state index in [1.165, 1.54) is 11.6 Å². The fraction of sp³-hybridized carbons (Fsp3) is 0.250. The van der Waals surface area contributed by atoms with E-state index in [9.17, 15) is 4.39 Å². The van der Waals surface area contributed by atoms with E-state index < -0.39 is 0 Å². The number of halogens is 2. The highest BCUT2D eigenvalue weighted by molar-refractivity contribution is 9.10. The van der Waals surface area contributed by atoms with Gasteiger partial charge in [-0.05, 0) is 78.3 Å². The molecule has 0 aliphatic carbocycles. The minimum atomic E-state index is -0.227. The van der Waals surface area contributed by atoms with Crippen molar-refractivity contribution in [3.05, 3.63) is 57.8 Å². The van der Waals surface area contributed by atoms with Gasteiger partial charge in [0.1, 0.15) is 17.3 Å². The number of benzene rings is 2. The second-order valence-electron chi connectivity index (χ2n) is 4.71. The fourth-order valence-electron chi connectivity index (χ4n) is 1.84. The number of aryl methyl sites for hydroxylation is 1. The molecule has 0 saturated heterocycles. The highest BCUT2D eigenvalue weighted by Crippen LogP contribution is 2.32. The molecule has 1 unspecified atom stereocenters. The topological polar surface area (TPSA) is 21.3 Å². The molecule has 4 heteroatoms. The maximum Gasteiger partial charge on any atom is 0.141 e. The molecule has 1 atom stereocenters. The van der Waals surface area contributed by atoms with Crippen LogP contribution in [0.15, 0.2) is 40.9 Å². The summed E-state index contributed by atoms with van der Waals surface area (Å²) >= 11 is 3.51. The van der Waals surface area contributed by atoms with Crippen molar-refractivity contribution in [2.45, 2.75) is 19.9 Å². The average molecular weight is 338 g/mol. The first-order valence-corrected chi connectivity index (χ1v) is 7.21. The van der Waals surface area contributed by atoms with Crippen molar-refractivity contribution < 1.29 is 9.13 Å². The van der Waals surface area contributed by atoms with Crippen LogP contribution in [0.5, 0.6) is 11.5 Å². The Morgan fingerprint density at radius 2 is 1.95 bits per heavy atom. The molecule has 0 heterocycles. The Labute approximate surface area is 127 Å². The Balaban J connectivity index is 2.23. The third-order valence-electron chi connectivity index (χ3n) is 3.25. The molecule has 0 saturated carbocycles. The summed E-state index contributed by atoms with van der Waals surface area (Å²) in [6.45, 7) is 3.81. The lowest BCUT2D eigenvalue weighted by Gasteiger charge is -2.14. The highest BCUT2D eigenvalue weighted by Gasteiger charge is 2.08. The average Bonchev–Trinajstić information content (AvgIpc) is 2.44. The second-order valence-corrected chi connectivity index (χ2v) is 5.57. The van der Waals surface area contributed by atoms with Crippen molar-refractivity contribution in [1.82, 2.24) is 5.32 Å². The lowest BCUT2D eigenvalue weighted by Crippen LogP contribution is -2.12. The van der Waals surface area contributed by atoms with E-state index >= 15 is 0 Å². The smallest absolute Gasteiger partial charge is 0.141 e. The molecular formula is C16H17BrFNO. The molecule has 0 aliphatic heterocycles. The van der Waals surface area contributed by atoms with E-state index in [0.29, 0.717) is 17.1 Å². The molecule has 0 aromatic heterocycles. The maximum atomic E-state index is 13.2. The summed E-state index contributed by atoms with van der Waals surface area (Å²) in [6.07, 6.45) is 0. The van der Waals surface area contributed by atoms with Gasteiger partial charge >= 0.3 is 0 Å². The van der Waals surface area contributed by atoms with Gasteiger partial charge < -0.3 is 10.1 Å². The van der Waals surface area contributed by atoms with Crippen LogP contribution in [0, 0.1) is 12.7 Å². The first kappa shape index (κ1) is 15.0. The zero-order valence-electron chi connectivity index (χ0n) is 11.7. The van der Waals surface area contributed by atoms with Gasteiger partial charge in [0, 0.05) is 6.04 Å². The van der Waals surface area contributed by atoms with Gasteiger partial charge in [0.15, 0.2) is 0 Å². The first-order chi connectivity index (χ1) is 9.51. The molecule has 1 N–H and O–H groups in total. The van der Waals surface area contributed by atoms with Crippen LogP contribution >= 0.6 is 15.9 Å². The predicted molar refractivity (Wildman–Crippen MR) is 82.8 cm³/mol. The standard InChI is InChI=1S/C16H17BrFNO/c1-10-8-13(5-6-15(10)18)20-16-7-4-12(9-14(16)17)11(2)19-3/h4-9,11,19H,1-3H3. The van der Waals surface area contributed by atoms with Crippen LogP contribution in [0.2, 0.25) is 0 Å². The predicted octanol–water partition coefficient (Wildman–Crippen LogP) is 4.97. The van der Waals surface area contributed by atoms with Crippen molar-refractivity contribution in [1.29, 1.82) is 0 Å². The van der Waals surface area contributed by atoms with Gasteiger partial charge in [-0.25, -0.2) is 4.39 Å². The molecule has 2 rings (SSSR count). The summed E-state index contributed by atoms with van der Waals surface area (Å²) < 4.78 is 19.9. The van der Waals surface area contributed by atoms with Gasteiger partial charge in [0.2, 0.25) is 0 Å². The second kappa shape index (κ2) is 6.37. The van der Waals surface area contributed by atoms with E-state index in [4.69, 9.17) is 4.74 Å². The molecule has 0 fully saturated rings. The molecule has 2 aromatic carbocycles. The van der Waals surface area contributed by atoms with Crippen molar-refractivity contribution in [2.24, 2.45) is 0 Å². The summed E-state index contributed by atoms with van der Waals surface area (Å²) in [5.74, 6) is 1.11. The molecule has 0 amide bonds. The minimum Gasteiger partial charge on any atom is -0.456 e. The van der Waals surface area contributed by atoms with Gasteiger partial charge in [-0.1, -0.05) is 6.07 Å². The molecule has 0 bridgehead atoms. The van der Waals surface area contributed by atoms with E-state index in [0.717, 1.165) is 4.47 Å². The Morgan fingerprint density at radius 1 is 1.20 bits per heavy atom. The van der Waals surface area contributed by atoms with Crippen LogP contribution in [-0.2, 0) is 0 Å². The van der Waals surface area contributed by atoms with Crippen molar-refractivity contribution in [2.75, 3.05) is 7.05 Å². The first-order valence-electron chi connectivity index (χ1n) is 6.42. The van der Waals surface area contributed by atoms with Crippen molar-refractivity contribution in [3.8, 4) is 11.5 Å². The van der Waals surface area contributed by atoms with E-state index in [1.54, 1.807) is 19.1 Å². The van der Waals surface area contributed by atoms with Crippen molar-refractivity contribution in [3.63, 3.8) is 0 Å². The van der Waals surface area contributed by atoms with E-state index in [1.807, 2.05) is 25.2 Å². The molecule has 106 valence electrons. The maximum absolute atomic E-state index is 13.2. The highest BCUT2D eigenvalue weighted by atomic mass is 79.9. The molecule has 0 radical (unpaired) electrons. The fourth-order valence-corrected chi connectivity index (χ4v) is 2.32. The van der Waals surface area contributed by atoms with Crippen LogP contribution in [0.25, 0.3) is 0 Å². The molecule has 20 heavy (non-hydrogen) atoms. The summed E-state index contributed by atoms with van der Waals surface area (Å²) in [4.78, 5) is 0. The summed E-state index contributed by atoms with van der Waals surface area (Å²) in [5.41, 5.74) is 1.74. The number of hydrogen-bond donors (Lipinski definition) is 1. The van der Waals surface area contributed by atoms with E-state index in [-0.39, 0.29) is 11.9 Å². The van der Waals surface area contributed by atoms with Crippen LogP contribution < -0.4 is 10.1 Å². The van der Waals surface area contributed by atoms with Crippen LogP contribution in [0.3, 0.4) is 0 Å². The van der Waals surface area contributed by atoms with Crippen LogP contribution in [-0.4, -0.2) is 7.05 Å². The summed E-state index contributed by atoms with van der Waals surface area (Å²) in [5, 5.41) is 3.19. The Hall–Kier alpha value is -1.39. The van der Waals surface area contributed by atoms with Crippen molar-refractivity contribution >= 4 is 15.9 Å². The minimum absolute atomic E-state index is 0.227. The monoisotopic (exact) mass is 337 g/mol. The lowest BCUT2D eigenvalue weighted by atomic mass is 10.1. The number of nitrogens with one attached hydrogen (secondary N) is 1. The zero-order chi connectivity index (χ0) is 14.7. The summed E-state index contributed by atoms with van der Waals surface area (Å²) in [7, 11) is 1.92. The van der Waals surface area contributed by atoms with Crippen LogP contribution in [0.1, 0.15) is 24.1 Å². The molecule has 0 aliphatic rings. The third-order valence-corrected chi connectivity index (χ3v) is 3.87. The Bertz CT molecular complexity index is 615. The quantitative estimate of drug-likeness (QED) is 0.850. The number of rotatable bonds is 4. The van der Waals surface area contributed by atoms with Gasteiger partial charge in [-0.15, -0.1) is 0 Å². The Morgan fingerprint density at radius 3 is 2.55 bits per heavy atom. The summed E-state index contributed by atoms with van der Waals surface area (Å²) in [6, 6.07) is 10.9. The SMILES string of the molecule is CNC(C)c1ccc(Oc2ccc(F)c(C)c2)c(Br)c1. The largest absolute Gasteiger partial charge is 0.456 e. The molecule has 0 spiro atoms. The van der Waals surface area contributed by atoms with Gasteiger partial charge in [0.05, 0.1) is 4.47 Å². The lowest BCUT2D eigenvalue weighted by molar-refractivity contribution is 0.476. The van der Waals surface area contributed by atoms with E-state index in [2.05, 4.69) is 28.2 Å². The third kappa shape index (κ3) is 3.38. The molecule has 2 aromatic rings. The number of ether oxygens (including phenoxy) is 1. The zero-order valence-corrected chi connectivity index (χ0v) is 13.3. The van der Waals surface area contributed by atoms with Gasteiger partial charge in [-0.3, -0.25) is 0 Å². The van der Waals surface area contributed by atoms with Crippen LogP contribution in [0.4, 0.5) is 4.39 Å². The number of hydrogen-bond acceptors (Lipinski definition) is 2.